The van der Waals surface area contributed by atoms with E-state index < -0.39 is 11.9 Å². The smallest absolute Gasteiger partial charge is 0.321 e. The number of nitrogens with one attached hydrogen (secondary N) is 2. The van der Waals surface area contributed by atoms with E-state index in [0.717, 1.165) is 17.3 Å². The van der Waals surface area contributed by atoms with Crippen molar-refractivity contribution in [2.75, 3.05) is 18.5 Å². The number of benzene rings is 1. The number of allylic oxidation sites excluding steroid dienone is 1. The van der Waals surface area contributed by atoms with Gasteiger partial charge in [-0.05, 0) is 17.7 Å². The largest absolute Gasteiger partial charge is 0.382 e. The number of nitrogens with two attached hydrogens (primary N) is 1. The predicted molar refractivity (Wildman–Crippen MR) is 118 cm³/mol. The van der Waals surface area contributed by atoms with Gasteiger partial charge in [0.25, 0.3) is 0 Å². The zero-order valence-electron chi connectivity index (χ0n) is 16.6. The van der Waals surface area contributed by atoms with E-state index in [1.54, 1.807) is 27.5 Å². The van der Waals surface area contributed by atoms with Crippen LogP contribution in [0.3, 0.4) is 0 Å². The van der Waals surface area contributed by atoms with Gasteiger partial charge in [-0.1, -0.05) is 46.8 Å². The van der Waals surface area contributed by atoms with E-state index in [0.29, 0.717) is 40.6 Å². The van der Waals surface area contributed by atoms with E-state index in [1.807, 2.05) is 12.1 Å². The van der Waals surface area contributed by atoms with Gasteiger partial charge in [0, 0.05) is 18.6 Å². The highest BCUT2D eigenvalue weighted by Crippen LogP contribution is 2.26. The third-order valence-electron chi connectivity index (χ3n) is 4.07. The lowest BCUT2D eigenvalue weighted by atomic mass is 10.2. The van der Waals surface area contributed by atoms with Crippen LogP contribution in [0.1, 0.15) is 5.56 Å². The molecule has 0 aliphatic rings. The average molecular weight is 462 g/mol. The number of halogens is 1. The number of thioether (sulfide) groups is 1. The number of anilines is 1. The third-order valence-corrected chi connectivity index (χ3v) is 5.29. The molecule has 0 atom stereocenters. The molecular weight excluding hydrogens is 442 g/mol. The van der Waals surface area contributed by atoms with Crippen molar-refractivity contribution in [1.29, 1.82) is 0 Å². The summed E-state index contributed by atoms with van der Waals surface area (Å²) in [5.74, 6) is 0.226. The van der Waals surface area contributed by atoms with Crippen LogP contribution in [0.15, 0.2) is 42.1 Å². The third kappa shape index (κ3) is 5.41. The Morgan fingerprint density at radius 3 is 2.68 bits per heavy atom. The summed E-state index contributed by atoms with van der Waals surface area (Å²) < 4.78 is 3.27. The van der Waals surface area contributed by atoms with Crippen molar-refractivity contribution < 1.29 is 9.59 Å². The SMILES string of the molecule is C=CCn1c(SCC(=O)NC(=O)NC)nnc1-c1nnn(Cc2ccc(Cl)cc2)c1N. The number of amides is 3. The quantitative estimate of drug-likeness (QED) is 0.338. The Kier molecular flexibility index (Phi) is 7.26. The molecule has 4 N–H and O–H groups in total. The maximum atomic E-state index is 11.9. The molecule has 0 fully saturated rings. The van der Waals surface area contributed by atoms with E-state index in [4.69, 9.17) is 17.3 Å². The Balaban J connectivity index is 1.80. The van der Waals surface area contributed by atoms with Crippen LogP contribution in [0, 0.1) is 0 Å². The summed E-state index contributed by atoms with van der Waals surface area (Å²) in [4.78, 5) is 23.1. The predicted octanol–water partition coefficient (Wildman–Crippen LogP) is 1.55. The van der Waals surface area contributed by atoms with Gasteiger partial charge in [-0.25, -0.2) is 9.48 Å². The molecule has 1 aromatic carbocycles. The molecule has 0 spiro atoms. The minimum Gasteiger partial charge on any atom is -0.382 e. The molecule has 0 saturated carbocycles. The van der Waals surface area contributed by atoms with Gasteiger partial charge in [0.2, 0.25) is 5.91 Å². The first kappa shape index (κ1) is 22.3. The number of aromatic nitrogens is 6. The van der Waals surface area contributed by atoms with Crippen molar-refractivity contribution in [3.63, 3.8) is 0 Å². The van der Waals surface area contributed by atoms with Gasteiger partial charge in [0.05, 0.1) is 12.3 Å². The van der Waals surface area contributed by atoms with Crippen LogP contribution in [0.2, 0.25) is 5.02 Å². The Hall–Kier alpha value is -3.38. The van der Waals surface area contributed by atoms with Crippen molar-refractivity contribution in [1.82, 2.24) is 40.4 Å². The van der Waals surface area contributed by atoms with Crippen LogP contribution in [-0.4, -0.2) is 54.5 Å². The maximum absolute atomic E-state index is 11.9. The van der Waals surface area contributed by atoms with Gasteiger partial charge in [0.1, 0.15) is 0 Å². The van der Waals surface area contributed by atoms with Crippen molar-refractivity contribution in [3.8, 4) is 11.5 Å². The average Bonchev–Trinajstić information content (AvgIpc) is 3.31. The van der Waals surface area contributed by atoms with Gasteiger partial charge < -0.3 is 11.1 Å². The van der Waals surface area contributed by atoms with E-state index in [2.05, 4.69) is 37.7 Å². The Morgan fingerprint density at radius 2 is 2.00 bits per heavy atom. The number of rotatable bonds is 8. The summed E-state index contributed by atoms with van der Waals surface area (Å²) in [6, 6.07) is 6.75. The topological polar surface area (TPSA) is 146 Å². The van der Waals surface area contributed by atoms with Crippen molar-refractivity contribution in [3.05, 3.63) is 47.5 Å². The van der Waals surface area contributed by atoms with Gasteiger partial charge in [-0.15, -0.1) is 21.9 Å². The number of carbonyl (C=O) groups excluding carboxylic acids is 2. The van der Waals surface area contributed by atoms with Crippen molar-refractivity contribution in [2.24, 2.45) is 0 Å². The molecule has 0 unspecified atom stereocenters. The first-order chi connectivity index (χ1) is 14.9. The molecule has 31 heavy (non-hydrogen) atoms. The van der Waals surface area contributed by atoms with Gasteiger partial charge in [-0.2, -0.15) is 0 Å². The summed E-state index contributed by atoms with van der Waals surface area (Å²) in [5.41, 5.74) is 7.59. The number of imide groups is 1. The fourth-order valence-corrected chi connectivity index (χ4v) is 3.45. The molecule has 162 valence electrons. The number of carbonyl (C=O) groups is 2. The molecule has 13 heteroatoms. The summed E-state index contributed by atoms with van der Waals surface area (Å²) in [6.45, 7) is 4.52. The molecule has 3 amide bonds. The van der Waals surface area contributed by atoms with Crippen LogP contribution in [0.4, 0.5) is 10.6 Å². The molecular formula is C18H20ClN9O2S. The molecule has 3 rings (SSSR count). The first-order valence-electron chi connectivity index (χ1n) is 9.05. The van der Waals surface area contributed by atoms with E-state index in [9.17, 15) is 9.59 Å². The lowest BCUT2D eigenvalue weighted by Crippen LogP contribution is -2.38. The van der Waals surface area contributed by atoms with Crippen LogP contribution in [0.5, 0.6) is 0 Å². The van der Waals surface area contributed by atoms with Crippen LogP contribution in [0.25, 0.3) is 11.5 Å². The summed E-state index contributed by atoms with van der Waals surface area (Å²) in [5, 5.41) is 22.2. The second kappa shape index (κ2) is 10.1. The Morgan fingerprint density at radius 1 is 1.26 bits per heavy atom. The minimum atomic E-state index is -0.580. The monoisotopic (exact) mass is 461 g/mol. The van der Waals surface area contributed by atoms with E-state index >= 15 is 0 Å². The molecule has 11 nitrogen and oxygen atoms in total. The molecule has 0 bridgehead atoms. The highest BCUT2D eigenvalue weighted by atomic mass is 35.5. The highest BCUT2D eigenvalue weighted by molar-refractivity contribution is 7.99. The fourth-order valence-electron chi connectivity index (χ4n) is 2.58. The van der Waals surface area contributed by atoms with E-state index in [-0.39, 0.29) is 5.75 Å². The summed E-state index contributed by atoms with van der Waals surface area (Å²) in [7, 11) is 1.42. The first-order valence-corrected chi connectivity index (χ1v) is 10.4. The molecule has 0 radical (unpaired) electrons. The van der Waals surface area contributed by atoms with Gasteiger partial charge >= 0.3 is 6.03 Å². The zero-order chi connectivity index (χ0) is 22.4. The standard InChI is InChI=1S/C18H20ClN9O2S/c1-3-8-27-16(24-25-18(27)31-10-13(29)22-17(30)21-2)14-15(20)28(26-23-14)9-11-4-6-12(19)7-5-11/h3-7H,1,8-10,20H2,2H3,(H2,21,22,29,30). The van der Waals surface area contributed by atoms with E-state index in [1.165, 1.54) is 7.05 Å². The molecule has 0 aliphatic carbocycles. The maximum Gasteiger partial charge on any atom is 0.321 e. The fraction of sp³-hybridized carbons (Fsp3) is 0.222. The molecule has 2 aromatic heterocycles. The number of nitrogen functional groups attached to an aromatic ring is 1. The van der Waals surface area contributed by atoms with Crippen LogP contribution >= 0.6 is 23.4 Å². The normalized spacial score (nSPS) is 10.6. The highest BCUT2D eigenvalue weighted by Gasteiger charge is 2.21. The molecule has 3 aromatic rings. The Labute approximate surface area is 187 Å². The number of hydrogen-bond donors (Lipinski definition) is 3. The number of urea groups is 1. The summed E-state index contributed by atoms with van der Waals surface area (Å²) in [6.07, 6.45) is 1.66. The second-order valence-electron chi connectivity index (χ2n) is 6.23. The van der Waals surface area contributed by atoms with Gasteiger partial charge in [-0.3, -0.25) is 14.7 Å². The Bertz CT molecular complexity index is 1090. The number of nitrogens with zero attached hydrogens (tertiary/aromatic N) is 6. The molecule has 2 heterocycles. The van der Waals surface area contributed by atoms with Crippen LogP contribution in [-0.2, 0) is 17.9 Å². The molecule has 0 saturated heterocycles. The summed E-state index contributed by atoms with van der Waals surface area (Å²) >= 11 is 7.05. The lowest BCUT2D eigenvalue weighted by molar-refractivity contribution is -0.117. The second-order valence-corrected chi connectivity index (χ2v) is 7.61. The minimum absolute atomic E-state index is 0.0264. The van der Waals surface area contributed by atoms with Gasteiger partial charge in [0.15, 0.2) is 22.5 Å². The van der Waals surface area contributed by atoms with Crippen LogP contribution < -0.4 is 16.4 Å². The van der Waals surface area contributed by atoms with Crippen molar-refractivity contribution in [2.45, 2.75) is 18.2 Å². The lowest BCUT2D eigenvalue weighted by Gasteiger charge is -2.07. The molecule has 0 aliphatic heterocycles. The zero-order valence-corrected chi connectivity index (χ0v) is 18.2. The number of hydrogen-bond acceptors (Lipinski definition) is 8. The van der Waals surface area contributed by atoms with Crippen molar-refractivity contribution >= 4 is 41.1 Å².